The zero-order chi connectivity index (χ0) is 15.4. The van der Waals surface area contributed by atoms with Crippen LogP contribution in [-0.4, -0.2) is 27.2 Å². The molecule has 3 rings (SSSR count). The summed E-state index contributed by atoms with van der Waals surface area (Å²) >= 11 is 0. The van der Waals surface area contributed by atoms with Crippen LogP contribution in [0.3, 0.4) is 0 Å². The maximum atomic E-state index is 10.6. The molecule has 0 aromatic carbocycles. The van der Waals surface area contributed by atoms with Crippen LogP contribution < -0.4 is 0 Å². The number of ether oxygens (including phenoxy) is 1. The molecule has 2 aliphatic heterocycles. The van der Waals surface area contributed by atoms with Gasteiger partial charge in [0.05, 0.1) is 5.71 Å². The highest BCUT2D eigenvalue weighted by molar-refractivity contribution is 6.03. The lowest BCUT2D eigenvalue weighted by atomic mass is 10.00. The molecule has 0 unspecified atom stereocenters. The van der Waals surface area contributed by atoms with Gasteiger partial charge in [0, 0.05) is 5.57 Å². The Morgan fingerprint density at radius 3 is 2.29 bits per heavy atom. The zero-order valence-electron chi connectivity index (χ0n) is 12.5. The fraction of sp³-hybridized carbons (Fsp3) is 0.400. The highest BCUT2D eigenvalue weighted by atomic mass is 16.6. The first kappa shape index (κ1) is 13.9. The highest BCUT2D eigenvalue weighted by Gasteiger charge is 2.50. The molecule has 0 amide bonds. The molecular weight excluding hydrogens is 268 g/mol. The minimum Gasteiger partial charge on any atom is -0.357 e. The lowest BCUT2D eigenvalue weighted by molar-refractivity contribution is -0.0955. The van der Waals surface area contributed by atoms with Crippen LogP contribution >= 0.6 is 0 Å². The Morgan fingerprint density at radius 2 is 1.67 bits per heavy atom. The SMILES string of the molecule is CC1(C)OC(C)(C)C2=C1N=NC(=C1C=CC(=N)C=C1)N2O. The van der Waals surface area contributed by atoms with Gasteiger partial charge in [0.25, 0.3) is 0 Å². The predicted octanol–water partition coefficient (Wildman–Crippen LogP) is 3.30. The van der Waals surface area contributed by atoms with Gasteiger partial charge < -0.3 is 10.1 Å². The van der Waals surface area contributed by atoms with Crippen molar-refractivity contribution in [3.63, 3.8) is 0 Å². The fourth-order valence-corrected chi connectivity index (χ4v) is 2.87. The third-order valence-electron chi connectivity index (χ3n) is 3.68. The molecule has 2 N–H and O–H groups in total. The maximum absolute atomic E-state index is 10.6. The Hall–Kier alpha value is -2.05. The first-order valence-corrected chi connectivity index (χ1v) is 6.77. The van der Waals surface area contributed by atoms with Gasteiger partial charge in [-0.15, -0.1) is 10.2 Å². The van der Waals surface area contributed by atoms with Crippen LogP contribution in [0.15, 0.2) is 57.3 Å². The van der Waals surface area contributed by atoms with Crippen LogP contribution in [0.1, 0.15) is 27.7 Å². The van der Waals surface area contributed by atoms with Crippen LogP contribution in [0, 0.1) is 5.41 Å². The van der Waals surface area contributed by atoms with Gasteiger partial charge in [-0.1, -0.05) is 0 Å². The smallest absolute Gasteiger partial charge is 0.186 e. The zero-order valence-corrected chi connectivity index (χ0v) is 12.5. The molecule has 6 nitrogen and oxygen atoms in total. The van der Waals surface area contributed by atoms with Crippen LogP contribution in [-0.2, 0) is 4.74 Å². The van der Waals surface area contributed by atoms with E-state index >= 15 is 0 Å². The van der Waals surface area contributed by atoms with E-state index in [0.717, 1.165) is 5.06 Å². The quantitative estimate of drug-likeness (QED) is 0.717. The summed E-state index contributed by atoms with van der Waals surface area (Å²) in [5.74, 6) is 0.336. The van der Waals surface area contributed by atoms with Crippen molar-refractivity contribution in [3.8, 4) is 0 Å². The van der Waals surface area contributed by atoms with Gasteiger partial charge in [0.15, 0.2) is 5.82 Å². The number of hydrogen-bond donors (Lipinski definition) is 2. The summed E-state index contributed by atoms with van der Waals surface area (Å²) in [4.78, 5) is 0. The first-order chi connectivity index (χ1) is 9.72. The second-order valence-electron chi connectivity index (χ2n) is 6.23. The monoisotopic (exact) mass is 286 g/mol. The molecule has 0 saturated carbocycles. The Kier molecular flexibility index (Phi) is 2.80. The Morgan fingerprint density at radius 1 is 1.05 bits per heavy atom. The third kappa shape index (κ3) is 2.07. The number of rotatable bonds is 0. The van der Waals surface area contributed by atoms with Crippen LogP contribution in [0.4, 0.5) is 0 Å². The van der Waals surface area contributed by atoms with Gasteiger partial charge >= 0.3 is 0 Å². The van der Waals surface area contributed by atoms with Crippen molar-refractivity contribution in [2.24, 2.45) is 10.2 Å². The van der Waals surface area contributed by atoms with Gasteiger partial charge in [-0.25, -0.2) is 5.06 Å². The van der Waals surface area contributed by atoms with Crippen molar-refractivity contribution >= 4 is 5.71 Å². The minimum atomic E-state index is -0.659. The van der Waals surface area contributed by atoms with Crippen molar-refractivity contribution in [2.75, 3.05) is 0 Å². The van der Waals surface area contributed by atoms with E-state index in [9.17, 15) is 5.21 Å². The standard InChI is InChI=1S/C15H18N4O2/c1-14(2)11-12(15(3,4)21-14)19(20)13(18-17-11)9-5-7-10(16)8-6-9/h5-8,16,20H,1-4H3. The van der Waals surface area contributed by atoms with Crippen molar-refractivity contribution in [3.05, 3.63) is 47.1 Å². The molecule has 0 radical (unpaired) electrons. The molecular formula is C15H18N4O2. The van der Waals surface area contributed by atoms with Gasteiger partial charge in [0.1, 0.15) is 22.6 Å². The van der Waals surface area contributed by atoms with Crippen LogP contribution in [0.5, 0.6) is 0 Å². The summed E-state index contributed by atoms with van der Waals surface area (Å²) < 4.78 is 5.98. The number of hydroxylamine groups is 2. The van der Waals surface area contributed by atoms with Crippen molar-refractivity contribution in [1.82, 2.24) is 5.06 Å². The van der Waals surface area contributed by atoms with E-state index in [2.05, 4.69) is 10.2 Å². The Balaban J connectivity index is 2.09. The van der Waals surface area contributed by atoms with E-state index in [4.69, 9.17) is 10.1 Å². The summed E-state index contributed by atoms with van der Waals surface area (Å²) in [6.07, 6.45) is 6.77. The Bertz CT molecular complexity index is 660. The van der Waals surface area contributed by atoms with Crippen molar-refractivity contribution in [2.45, 2.75) is 38.9 Å². The molecule has 0 bridgehead atoms. The third-order valence-corrected chi connectivity index (χ3v) is 3.68. The number of hydrogen-bond acceptors (Lipinski definition) is 6. The van der Waals surface area contributed by atoms with Gasteiger partial charge in [-0.05, 0) is 52.0 Å². The first-order valence-electron chi connectivity index (χ1n) is 6.77. The predicted molar refractivity (Wildman–Crippen MR) is 77.8 cm³/mol. The minimum absolute atomic E-state index is 0.336. The number of nitrogens with one attached hydrogen (secondary N) is 1. The molecule has 1 aliphatic carbocycles. The van der Waals surface area contributed by atoms with Gasteiger partial charge in [-0.2, -0.15) is 0 Å². The lowest BCUT2D eigenvalue weighted by Gasteiger charge is -2.30. The number of nitrogens with zero attached hydrogens (tertiary/aromatic N) is 3. The van der Waals surface area contributed by atoms with Crippen molar-refractivity contribution < 1.29 is 9.94 Å². The normalized spacial score (nSPS) is 26.0. The number of azo groups is 1. The molecule has 0 aromatic rings. The topological polar surface area (TPSA) is 81.3 Å². The molecule has 110 valence electrons. The van der Waals surface area contributed by atoms with Crippen LogP contribution in [0.25, 0.3) is 0 Å². The van der Waals surface area contributed by atoms with E-state index in [1.807, 2.05) is 27.7 Å². The molecule has 3 aliphatic rings. The van der Waals surface area contributed by atoms with Gasteiger partial charge in [0.2, 0.25) is 0 Å². The molecule has 2 heterocycles. The van der Waals surface area contributed by atoms with E-state index in [-0.39, 0.29) is 0 Å². The van der Waals surface area contributed by atoms with Crippen molar-refractivity contribution in [1.29, 1.82) is 5.41 Å². The second-order valence-corrected chi connectivity index (χ2v) is 6.23. The molecule has 0 spiro atoms. The van der Waals surface area contributed by atoms with Crippen LogP contribution in [0.2, 0.25) is 0 Å². The highest BCUT2D eigenvalue weighted by Crippen LogP contribution is 2.47. The summed E-state index contributed by atoms with van der Waals surface area (Å²) in [6.45, 7) is 7.60. The molecule has 0 saturated heterocycles. The molecule has 0 aromatic heterocycles. The molecule has 21 heavy (non-hydrogen) atoms. The van der Waals surface area contributed by atoms with E-state index in [1.54, 1.807) is 24.3 Å². The maximum Gasteiger partial charge on any atom is 0.186 e. The summed E-state index contributed by atoms with van der Waals surface area (Å²) in [7, 11) is 0. The molecule has 6 heteroatoms. The average molecular weight is 286 g/mol. The largest absolute Gasteiger partial charge is 0.357 e. The fourth-order valence-electron chi connectivity index (χ4n) is 2.87. The average Bonchev–Trinajstić information content (AvgIpc) is 2.57. The second kappa shape index (κ2) is 4.22. The van der Waals surface area contributed by atoms with E-state index in [0.29, 0.717) is 28.5 Å². The summed E-state index contributed by atoms with van der Waals surface area (Å²) in [6, 6.07) is 0. The Labute approximate surface area is 123 Å². The molecule has 0 fully saturated rings. The molecule has 0 atom stereocenters. The summed E-state index contributed by atoms with van der Waals surface area (Å²) in [5.41, 5.74) is 1.09. The van der Waals surface area contributed by atoms with E-state index in [1.165, 1.54) is 0 Å². The van der Waals surface area contributed by atoms with Gasteiger partial charge in [-0.3, -0.25) is 5.21 Å². The van der Waals surface area contributed by atoms with E-state index < -0.39 is 11.2 Å². The summed E-state index contributed by atoms with van der Waals surface area (Å²) in [5, 5.41) is 27.6. The number of allylic oxidation sites excluding steroid dienone is 5. The lowest BCUT2D eigenvalue weighted by Crippen LogP contribution is -2.34.